The van der Waals surface area contributed by atoms with Crippen LogP contribution in [-0.4, -0.2) is 15.3 Å². The summed E-state index contributed by atoms with van der Waals surface area (Å²) in [6.07, 6.45) is 0. The fourth-order valence-corrected chi connectivity index (χ4v) is 1.87. The van der Waals surface area contributed by atoms with Crippen molar-refractivity contribution in [2.75, 3.05) is 0 Å². The summed E-state index contributed by atoms with van der Waals surface area (Å²) < 4.78 is 0. The van der Waals surface area contributed by atoms with Gasteiger partial charge in [0.1, 0.15) is 5.75 Å². The number of aromatic hydroxyl groups is 3. The molecule has 0 atom stereocenters. The third-order valence-electron chi connectivity index (χ3n) is 2.96. The predicted molar refractivity (Wildman–Crippen MR) is 66.3 cm³/mol. The molecule has 0 aliphatic heterocycles. The van der Waals surface area contributed by atoms with E-state index in [0.29, 0.717) is 5.56 Å². The van der Waals surface area contributed by atoms with Gasteiger partial charge in [-0.1, -0.05) is 12.1 Å². The summed E-state index contributed by atoms with van der Waals surface area (Å²) in [4.78, 5) is 0. The van der Waals surface area contributed by atoms with Crippen LogP contribution in [0.4, 0.5) is 0 Å². The minimum atomic E-state index is -0.129. The van der Waals surface area contributed by atoms with E-state index in [-0.39, 0.29) is 17.2 Å². The molecule has 0 heterocycles. The SMILES string of the molecule is Cc1cc(O)c(O)c(-c2ccc(O)cc2)c1C. The van der Waals surface area contributed by atoms with Crippen LogP contribution in [0.2, 0.25) is 0 Å². The number of benzene rings is 2. The van der Waals surface area contributed by atoms with Crippen LogP contribution < -0.4 is 0 Å². The number of aryl methyl sites for hydroxylation is 1. The van der Waals surface area contributed by atoms with E-state index in [2.05, 4.69) is 0 Å². The molecule has 3 nitrogen and oxygen atoms in total. The monoisotopic (exact) mass is 230 g/mol. The molecule has 0 aliphatic rings. The lowest BCUT2D eigenvalue weighted by Crippen LogP contribution is -1.89. The van der Waals surface area contributed by atoms with Crippen LogP contribution in [0.25, 0.3) is 11.1 Å². The van der Waals surface area contributed by atoms with E-state index >= 15 is 0 Å². The fraction of sp³-hybridized carbons (Fsp3) is 0.143. The van der Waals surface area contributed by atoms with Crippen molar-refractivity contribution in [1.29, 1.82) is 0 Å². The average molecular weight is 230 g/mol. The largest absolute Gasteiger partial charge is 0.508 e. The van der Waals surface area contributed by atoms with Crippen LogP contribution in [0.15, 0.2) is 30.3 Å². The van der Waals surface area contributed by atoms with E-state index < -0.39 is 0 Å². The van der Waals surface area contributed by atoms with Gasteiger partial charge in [-0.15, -0.1) is 0 Å². The first-order chi connectivity index (χ1) is 8.00. The lowest BCUT2D eigenvalue weighted by molar-refractivity contribution is 0.404. The zero-order valence-corrected chi connectivity index (χ0v) is 9.73. The van der Waals surface area contributed by atoms with Gasteiger partial charge in [0.25, 0.3) is 0 Å². The minimum Gasteiger partial charge on any atom is -0.508 e. The Labute approximate surface area is 99.6 Å². The molecule has 0 aromatic heterocycles. The van der Waals surface area contributed by atoms with Crippen molar-refractivity contribution in [3.05, 3.63) is 41.5 Å². The van der Waals surface area contributed by atoms with E-state index in [9.17, 15) is 15.3 Å². The highest BCUT2D eigenvalue weighted by atomic mass is 16.3. The summed E-state index contributed by atoms with van der Waals surface area (Å²) in [6, 6.07) is 8.04. The zero-order chi connectivity index (χ0) is 12.6. The third kappa shape index (κ3) is 1.91. The second-order valence-electron chi connectivity index (χ2n) is 4.11. The maximum atomic E-state index is 9.91. The second-order valence-corrected chi connectivity index (χ2v) is 4.11. The van der Waals surface area contributed by atoms with Gasteiger partial charge < -0.3 is 15.3 Å². The van der Waals surface area contributed by atoms with Crippen molar-refractivity contribution in [3.8, 4) is 28.4 Å². The van der Waals surface area contributed by atoms with E-state index in [1.165, 1.54) is 6.07 Å². The number of phenolic OH excluding ortho intramolecular Hbond substituents is 3. The quantitative estimate of drug-likeness (QED) is 0.660. The zero-order valence-electron chi connectivity index (χ0n) is 9.73. The highest BCUT2D eigenvalue weighted by Gasteiger charge is 2.14. The Morgan fingerprint density at radius 2 is 1.47 bits per heavy atom. The van der Waals surface area contributed by atoms with Crippen LogP contribution in [0.3, 0.4) is 0 Å². The molecule has 3 heteroatoms. The number of phenols is 3. The summed E-state index contributed by atoms with van der Waals surface area (Å²) in [5.74, 6) is -0.0854. The molecule has 0 radical (unpaired) electrons. The highest BCUT2D eigenvalue weighted by Crippen LogP contribution is 2.40. The van der Waals surface area contributed by atoms with Crippen molar-refractivity contribution >= 4 is 0 Å². The summed E-state index contributed by atoms with van der Waals surface area (Å²) in [6.45, 7) is 3.76. The van der Waals surface area contributed by atoms with E-state index in [1.807, 2.05) is 13.8 Å². The standard InChI is InChI=1S/C14H14O3/c1-8-7-12(16)14(17)13(9(8)2)10-3-5-11(15)6-4-10/h3-7,15-17H,1-2H3. The van der Waals surface area contributed by atoms with Crippen molar-refractivity contribution in [2.24, 2.45) is 0 Å². The Hall–Kier alpha value is -2.16. The Kier molecular flexibility index (Phi) is 2.68. The Morgan fingerprint density at radius 3 is 2.06 bits per heavy atom. The number of hydrogen-bond acceptors (Lipinski definition) is 3. The first-order valence-corrected chi connectivity index (χ1v) is 5.32. The second kappa shape index (κ2) is 4.01. The minimum absolute atomic E-state index is 0.126. The molecular weight excluding hydrogens is 216 g/mol. The molecule has 0 saturated carbocycles. The summed E-state index contributed by atoms with van der Waals surface area (Å²) in [5, 5.41) is 28.8. The third-order valence-corrected chi connectivity index (χ3v) is 2.96. The Balaban J connectivity index is 2.70. The number of hydrogen-bond donors (Lipinski definition) is 3. The molecule has 0 aliphatic carbocycles. The topological polar surface area (TPSA) is 60.7 Å². The first-order valence-electron chi connectivity index (χ1n) is 5.32. The molecule has 0 bridgehead atoms. The summed E-state index contributed by atoms with van der Waals surface area (Å²) in [5.41, 5.74) is 3.17. The molecule has 0 amide bonds. The summed E-state index contributed by atoms with van der Waals surface area (Å²) in [7, 11) is 0. The van der Waals surface area contributed by atoms with Gasteiger partial charge in [0.15, 0.2) is 11.5 Å². The van der Waals surface area contributed by atoms with Crippen molar-refractivity contribution in [3.63, 3.8) is 0 Å². The molecule has 17 heavy (non-hydrogen) atoms. The molecule has 2 aromatic rings. The van der Waals surface area contributed by atoms with Gasteiger partial charge in [-0.2, -0.15) is 0 Å². The smallest absolute Gasteiger partial charge is 0.165 e. The molecule has 2 aromatic carbocycles. The van der Waals surface area contributed by atoms with Crippen molar-refractivity contribution in [1.82, 2.24) is 0 Å². The number of rotatable bonds is 1. The lowest BCUT2D eigenvalue weighted by Gasteiger charge is -2.13. The lowest BCUT2D eigenvalue weighted by atomic mass is 9.95. The summed E-state index contributed by atoms with van der Waals surface area (Å²) >= 11 is 0. The van der Waals surface area contributed by atoms with Crippen LogP contribution in [0.5, 0.6) is 17.2 Å². The van der Waals surface area contributed by atoms with Gasteiger partial charge in [0.05, 0.1) is 0 Å². The Bertz CT molecular complexity index is 530. The molecule has 0 saturated heterocycles. The maximum absolute atomic E-state index is 9.91. The van der Waals surface area contributed by atoms with Gasteiger partial charge in [0, 0.05) is 5.56 Å². The van der Waals surface area contributed by atoms with Crippen LogP contribution in [0.1, 0.15) is 11.1 Å². The van der Waals surface area contributed by atoms with Gasteiger partial charge in [-0.05, 0) is 48.7 Å². The molecule has 2 rings (SSSR count). The molecule has 3 N–H and O–H groups in total. The molecule has 0 unspecified atom stereocenters. The van der Waals surface area contributed by atoms with Gasteiger partial charge in [0.2, 0.25) is 0 Å². The fourth-order valence-electron chi connectivity index (χ4n) is 1.87. The maximum Gasteiger partial charge on any atom is 0.165 e. The molecule has 0 fully saturated rings. The van der Waals surface area contributed by atoms with Crippen LogP contribution >= 0.6 is 0 Å². The van der Waals surface area contributed by atoms with Crippen molar-refractivity contribution < 1.29 is 15.3 Å². The predicted octanol–water partition coefficient (Wildman–Crippen LogP) is 3.09. The molecular formula is C14H14O3. The molecule has 0 spiro atoms. The highest BCUT2D eigenvalue weighted by molar-refractivity contribution is 5.77. The van der Waals surface area contributed by atoms with Gasteiger partial charge in [-0.25, -0.2) is 0 Å². The van der Waals surface area contributed by atoms with Crippen LogP contribution in [0, 0.1) is 13.8 Å². The van der Waals surface area contributed by atoms with Gasteiger partial charge >= 0.3 is 0 Å². The van der Waals surface area contributed by atoms with E-state index in [1.54, 1.807) is 24.3 Å². The average Bonchev–Trinajstić information content (AvgIpc) is 2.29. The normalized spacial score (nSPS) is 10.5. The van der Waals surface area contributed by atoms with E-state index in [0.717, 1.165) is 16.7 Å². The molecule has 88 valence electrons. The van der Waals surface area contributed by atoms with E-state index in [4.69, 9.17) is 0 Å². The van der Waals surface area contributed by atoms with Gasteiger partial charge in [-0.3, -0.25) is 0 Å². The Morgan fingerprint density at radius 1 is 0.882 bits per heavy atom. The first kappa shape index (κ1) is 11.3. The van der Waals surface area contributed by atoms with Crippen molar-refractivity contribution in [2.45, 2.75) is 13.8 Å². The van der Waals surface area contributed by atoms with Crippen LogP contribution in [-0.2, 0) is 0 Å².